The van der Waals surface area contributed by atoms with Gasteiger partial charge in [0.15, 0.2) is 5.13 Å². The van der Waals surface area contributed by atoms with Gasteiger partial charge in [0.25, 0.3) is 5.91 Å². The Balaban J connectivity index is 1.28. The van der Waals surface area contributed by atoms with Gasteiger partial charge in [0.05, 0.1) is 21.5 Å². The van der Waals surface area contributed by atoms with Crippen molar-refractivity contribution in [1.29, 1.82) is 0 Å². The summed E-state index contributed by atoms with van der Waals surface area (Å²) in [5.74, 6) is 1.26. The van der Waals surface area contributed by atoms with E-state index in [9.17, 15) is 9.59 Å². The molecule has 9 heteroatoms. The number of nitrogens with one attached hydrogen (secondary N) is 1. The van der Waals surface area contributed by atoms with Crippen LogP contribution in [0.4, 0.5) is 5.13 Å². The Morgan fingerprint density at radius 2 is 1.94 bits per heavy atom. The lowest BCUT2D eigenvalue weighted by Gasteiger charge is -2.30. The normalized spacial score (nSPS) is 13.1. The topological polar surface area (TPSA) is 84.4 Å². The second-order valence-electron chi connectivity index (χ2n) is 7.09. The van der Waals surface area contributed by atoms with Gasteiger partial charge in [-0.05, 0) is 30.2 Å². The van der Waals surface area contributed by atoms with Gasteiger partial charge in [0.2, 0.25) is 5.91 Å². The van der Waals surface area contributed by atoms with Crippen LogP contribution in [0.3, 0.4) is 0 Å². The summed E-state index contributed by atoms with van der Waals surface area (Å²) < 4.78 is 6.91. The number of carbonyl (C=O) groups is 2. The molecule has 156 valence electrons. The molecule has 4 aromatic rings. The number of carbonyl (C=O) groups excluding carboxylic acids is 2. The van der Waals surface area contributed by atoms with Crippen molar-refractivity contribution >= 4 is 49.8 Å². The molecular formula is C22H18N4O3S2. The lowest BCUT2D eigenvalue weighted by atomic mass is 10.1. The van der Waals surface area contributed by atoms with Crippen LogP contribution in [0.25, 0.3) is 10.2 Å². The Morgan fingerprint density at radius 1 is 1.10 bits per heavy atom. The fourth-order valence-electron chi connectivity index (χ4n) is 3.21. The number of amides is 2. The summed E-state index contributed by atoms with van der Waals surface area (Å²) in [6, 6.07) is 11.0. The molecule has 31 heavy (non-hydrogen) atoms. The van der Waals surface area contributed by atoms with E-state index >= 15 is 0 Å². The number of ether oxygens (including phenoxy) is 1. The van der Waals surface area contributed by atoms with Crippen LogP contribution in [-0.4, -0.2) is 39.8 Å². The van der Waals surface area contributed by atoms with E-state index in [2.05, 4.69) is 15.3 Å². The first kappa shape index (κ1) is 19.7. The third kappa shape index (κ3) is 4.28. The number of hydrogen-bond acceptors (Lipinski definition) is 7. The number of aromatic nitrogens is 2. The summed E-state index contributed by atoms with van der Waals surface area (Å²) in [4.78, 5) is 35.6. The van der Waals surface area contributed by atoms with Crippen molar-refractivity contribution in [2.24, 2.45) is 0 Å². The lowest BCUT2D eigenvalue weighted by Crippen LogP contribution is -2.41. The van der Waals surface area contributed by atoms with Crippen LogP contribution in [0.5, 0.6) is 11.5 Å². The minimum absolute atomic E-state index is 0.0561. The van der Waals surface area contributed by atoms with E-state index in [1.807, 2.05) is 40.6 Å². The number of thiazole rings is 1. The molecule has 1 saturated heterocycles. The second-order valence-corrected chi connectivity index (χ2v) is 9.03. The Hall–Kier alpha value is -3.30. The molecule has 0 radical (unpaired) electrons. The molecule has 1 aromatic carbocycles. The molecule has 0 atom stereocenters. The summed E-state index contributed by atoms with van der Waals surface area (Å²) in [6.07, 6.45) is 4.65. The summed E-state index contributed by atoms with van der Waals surface area (Å²) in [5, 5.41) is 5.18. The molecule has 3 aromatic heterocycles. The van der Waals surface area contributed by atoms with E-state index in [4.69, 9.17) is 4.74 Å². The number of fused-ring (bicyclic) bond motifs is 1. The maximum atomic E-state index is 12.5. The van der Waals surface area contributed by atoms with E-state index in [1.54, 1.807) is 18.5 Å². The average Bonchev–Trinajstić information content (AvgIpc) is 3.38. The molecule has 2 amide bonds. The van der Waals surface area contributed by atoms with Crippen LogP contribution in [-0.2, 0) is 11.2 Å². The standard InChI is InChI=1S/C22H18N4O3S2/c27-19(25-22-24-8-11-30-22)12-14-2-4-15(5-3-14)29-17-6-7-23-16-13-18(31-20(16)17)21(28)26-9-1-10-26/h2-8,11,13H,1,9-10,12H2,(H,24,25,27). The molecule has 0 aliphatic carbocycles. The van der Waals surface area contributed by atoms with Crippen molar-refractivity contribution in [3.05, 3.63) is 64.6 Å². The number of nitrogens with zero attached hydrogens (tertiary/aromatic N) is 3. The summed E-state index contributed by atoms with van der Waals surface area (Å²) in [7, 11) is 0. The molecule has 1 fully saturated rings. The van der Waals surface area contributed by atoms with Gasteiger partial charge in [-0.25, -0.2) is 4.98 Å². The number of pyridine rings is 1. The molecule has 0 spiro atoms. The quantitative estimate of drug-likeness (QED) is 0.465. The van der Waals surface area contributed by atoms with E-state index in [0.29, 0.717) is 21.5 Å². The fraction of sp³-hybridized carbons (Fsp3) is 0.182. The van der Waals surface area contributed by atoms with Gasteiger partial charge >= 0.3 is 0 Å². The zero-order chi connectivity index (χ0) is 21.2. The maximum Gasteiger partial charge on any atom is 0.264 e. The molecule has 5 rings (SSSR count). The molecule has 1 aliphatic rings. The lowest BCUT2D eigenvalue weighted by molar-refractivity contribution is -0.115. The van der Waals surface area contributed by atoms with Crippen LogP contribution in [0.15, 0.2) is 54.2 Å². The molecule has 0 unspecified atom stereocenters. The minimum Gasteiger partial charge on any atom is -0.456 e. The zero-order valence-corrected chi connectivity index (χ0v) is 18.0. The molecule has 0 bridgehead atoms. The largest absolute Gasteiger partial charge is 0.456 e. The summed E-state index contributed by atoms with van der Waals surface area (Å²) in [5.41, 5.74) is 1.63. The van der Waals surface area contributed by atoms with Gasteiger partial charge in [0, 0.05) is 36.9 Å². The number of anilines is 1. The van der Waals surface area contributed by atoms with Gasteiger partial charge in [-0.1, -0.05) is 12.1 Å². The predicted octanol–water partition coefficient (Wildman–Crippen LogP) is 4.57. The van der Waals surface area contributed by atoms with Crippen molar-refractivity contribution in [2.75, 3.05) is 18.4 Å². The molecule has 1 aliphatic heterocycles. The maximum absolute atomic E-state index is 12.5. The number of likely N-dealkylation sites (tertiary alicyclic amines) is 1. The second kappa shape index (κ2) is 8.44. The minimum atomic E-state index is -0.113. The van der Waals surface area contributed by atoms with Gasteiger partial charge in [-0.3, -0.25) is 14.6 Å². The van der Waals surface area contributed by atoms with Crippen LogP contribution in [0.2, 0.25) is 0 Å². The van der Waals surface area contributed by atoms with Crippen molar-refractivity contribution in [2.45, 2.75) is 12.8 Å². The highest BCUT2D eigenvalue weighted by Crippen LogP contribution is 2.35. The summed E-state index contributed by atoms with van der Waals surface area (Å²) >= 11 is 2.79. The first-order valence-corrected chi connectivity index (χ1v) is 11.5. The number of benzene rings is 1. The molecular weight excluding hydrogens is 432 g/mol. The highest BCUT2D eigenvalue weighted by atomic mass is 32.1. The van der Waals surface area contributed by atoms with Crippen molar-refractivity contribution in [3.63, 3.8) is 0 Å². The molecule has 1 N–H and O–H groups in total. The van der Waals surface area contributed by atoms with E-state index in [-0.39, 0.29) is 18.2 Å². The van der Waals surface area contributed by atoms with E-state index in [1.165, 1.54) is 22.7 Å². The third-order valence-electron chi connectivity index (χ3n) is 4.92. The van der Waals surface area contributed by atoms with Crippen LogP contribution >= 0.6 is 22.7 Å². The average molecular weight is 451 g/mol. The number of rotatable bonds is 6. The zero-order valence-electron chi connectivity index (χ0n) is 16.4. The van der Waals surface area contributed by atoms with Crippen LogP contribution in [0, 0.1) is 0 Å². The van der Waals surface area contributed by atoms with Gasteiger partial charge in [-0.2, -0.15) is 0 Å². The Labute approximate surface area is 186 Å². The fourth-order valence-corrected chi connectivity index (χ4v) is 4.79. The first-order valence-electron chi connectivity index (χ1n) is 9.80. The molecule has 4 heterocycles. The molecule has 7 nitrogen and oxygen atoms in total. The van der Waals surface area contributed by atoms with E-state index < -0.39 is 0 Å². The summed E-state index contributed by atoms with van der Waals surface area (Å²) in [6.45, 7) is 1.64. The van der Waals surface area contributed by atoms with Crippen LogP contribution in [0.1, 0.15) is 21.7 Å². The van der Waals surface area contributed by atoms with Crippen molar-refractivity contribution < 1.29 is 14.3 Å². The van der Waals surface area contributed by atoms with Gasteiger partial charge in [0.1, 0.15) is 11.5 Å². The van der Waals surface area contributed by atoms with Gasteiger partial charge in [-0.15, -0.1) is 22.7 Å². The Morgan fingerprint density at radius 3 is 2.65 bits per heavy atom. The third-order valence-corrected chi connectivity index (χ3v) is 6.74. The first-order chi connectivity index (χ1) is 15.2. The molecule has 0 saturated carbocycles. The Bertz CT molecular complexity index is 1230. The highest BCUT2D eigenvalue weighted by Gasteiger charge is 2.24. The number of hydrogen-bond donors (Lipinski definition) is 1. The number of thiophene rings is 1. The predicted molar refractivity (Wildman–Crippen MR) is 121 cm³/mol. The van der Waals surface area contributed by atoms with Gasteiger partial charge < -0.3 is 15.0 Å². The van der Waals surface area contributed by atoms with Crippen LogP contribution < -0.4 is 10.1 Å². The SMILES string of the molecule is O=C(Cc1ccc(Oc2ccnc3cc(C(=O)N4CCC4)sc23)cc1)Nc1nccs1. The van der Waals surface area contributed by atoms with Crippen molar-refractivity contribution in [1.82, 2.24) is 14.9 Å². The van der Waals surface area contributed by atoms with E-state index in [0.717, 1.165) is 35.3 Å². The Kier molecular flexibility index (Phi) is 5.35. The van der Waals surface area contributed by atoms with Crippen molar-refractivity contribution in [3.8, 4) is 11.5 Å². The monoisotopic (exact) mass is 450 g/mol. The highest BCUT2D eigenvalue weighted by molar-refractivity contribution is 7.21. The smallest absolute Gasteiger partial charge is 0.264 e.